The van der Waals surface area contributed by atoms with Crippen molar-refractivity contribution in [1.82, 2.24) is 9.97 Å². The van der Waals surface area contributed by atoms with Gasteiger partial charge in [-0.25, -0.2) is 9.37 Å². The van der Waals surface area contributed by atoms with Crippen LogP contribution < -0.4 is 0 Å². The zero-order chi connectivity index (χ0) is 12.3. The van der Waals surface area contributed by atoms with E-state index in [9.17, 15) is 4.39 Å². The van der Waals surface area contributed by atoms with Crippen LogP contribution in [0.1, 0.15) is 12.2 Å². The predicted octanol–water partition coefficient (Wildman–Crippen LogP) is 2.79. The summed E-state index contributed by atoms with van der Waals surface area (Å²) in [5.74, 6) is 0.389. The van der Waals surface area contributed by atoms with Crippen LogP contribution in [0.5, 0.6) is 0 Å². The summed E-state index contributed by atoms with van der Waals surface area (Å²) in [4.78, 5) is 7.14. The van der Waals surface area contributed by atoms with Crippen molar-refractivity contribution in [3.05, 3.63) is 41.1 Å². The van der Waals surface area contributed by atoms with Crippen LogP contribution in [0.25, 0.3) is 11.3 Å². The van der Waals surface area contributed by atoms with Gasteiger partial charge in [0, 0.05) is 23.6 Å². The van der Waals surface area contributed by atoms with Gasteiger partial charge in [0.25, 0.3) is 0 Å². The Morgan fingerprint density at radius 1 is 1.41 bits per heavy atom. The van der Waals surface area contributed by atoms with E-state index in [4.69, 9.17) is 16.7 Å². The Morgan fingerprint density at radius 2 is 2.24 bits per heavy atom. The van der Waals surface area contributed by atoms with Gasteiger partial charge < -0.3 is 10.1 Å². The van der Waals surface area contributed by atoms with Crippen LogP contribution in [0.3, 0.4) is 0 Å². The quantitative estimate of drug-likeness (QED) is 0.881. The number of rotatable bonds is 4. The van der Waals surface area contributed by atoms with Crippen LogP contribution in [-0.4, -0.2) is 21.7 Å². The number of aryl methyl sites for hydroxylation is 1. The van der Waals surface area contributed by atoms with E-state index < -0.39 is 0 Å². The first-order chi connectivity index (χ1) is 8.20. The van der Waals surface area contributed by atoms with Gasteiger partial charge in [-0.2, -0.15) is 0 Å². The first-order valence-corrected chi connectivity index (χ1v) is 5.68. The molecular weight excluding hydrogens is 243 g/mol. The molecule has 0 unspecified atom stereocenters. The van der Waals surface area contributed by atoms with Crippen LogP contribution in [0, 0.1) is 5.82 Å². The third-order valence-corrected chi connectivity index (χ3v) is 2.65. The number of hydrogen-bond donors (Lipinski definition) is 2. The van der Waals surface area contributed by atoms with Crippen molar-refractivity contribution in [3.63, 3.8) is 0 Å². The van der Waals surface area contributed by atoms with E-state index >= 15 is 0 Å². The second-order valence-corrected chi connectivity index (χ2v) is 4.13. The fourth-order valence-corrected chi connectivity index (χ4v) is 1.75. The Kier molecular flexibility index (Phi) is 3.76. The molecule has 17 heavy (non-hydrogen) atoms. The maximum absolute atomic E-state index is 13.6. The van der Waals surface area contributed by atoms with E-state index in [0.29, 0.717) is 29.1 Å². The van der Waals surface area contributed by atoms with E-state index in [0.717, 1.165) is 5.82 Å². The molecule has 2 N–H and O–H groups in total. The van der Waals surface area contributed by atoms with E-state index in [-0.39, 0.29) is 12.4 Å². The Balaban J connectivity index is 2.27. The number of nitrogens with one attached hydrogen (secondary N) is 1. The first kappa shape index (κ1) is 12.1. The zero-order valence-electron chi connectivity index (χ0n) is 9.08. The molecular formula is C12H12ClFN2O. The highest BCUT2D eigenvalue weighted by atomic mass is 35.5. The van der Waals surface area contributed by atoms with Crippen molar-refractivity contribution in [1.29, 1.82) is 0 Å². The lowest BCUT2D eigenvalue weighted by molar-refractivity contribution is 0.287. The molecule has 0 aliphatic carbocycles. The normalized spacial score (nSPS) is 10.8. The summed E-state index contributed by atoms with van der Waals surface area (Å²) in [6.07, 6.45) is 2.84. The van der Waals surface area contributed by atoms with Gasteiger partial charge in [-0.05, 0) is 24.6 Å². The number of imidazole rings is 1. The highest BCUT2D eigenvalue weighted by Crippen LogP contribution is 2.24. The second kappa shape index (κ2) is 5.29. The molecule has 1 heterocycles. The average molecular weight is 255 g/mol. The Bertz CT molecular complexity index is 513. The summed E-state index contributed by atoms with van der Waals surface area (Å²) in [7, 11) is 0. The molecule has 0 amide bonds. The molecule has 0 bridgehead atoms. The molecule has 0 saturated heterocycles. The predicted molar refractivity (Wildman–Crippen MR) is 64.4 cm³/mol. The molecule has 0 radical (unpaired) electrons. The van der Waals surface area contributed by atoms with E-state index in [1.165, 1.54) is 12.1 Å². The Morgan fingerprint density at radius 3 is 3.00 bits per heavy atom. The molecule has 0 aliphatic heterocycles. The average Bonchev–Trinajstić information content (AvgIpc) is 2.78. The number of H-pyrrole nitrogens is 1. The lowest BCUT2D eigenvalue weighted by Crippen LogP contribution is -1.91. The minimum atomic E-state index is -0.341. The number of aliphatic hydroxyl groups excluding tert-OH is 1. The second-order valence-electron chi connectivity index (χ2n) is 3.69. The number of benzene rings is 1. The summed E-state index contributed by atoms with van der Waals surface area (Å²) >= 11 is 5.82. The van der Waals surface area contributed by atoms with Crippen molar-refractivity contribution in [2.45, 2.75) is 12.8 Å². The van der Waals surface area contributed by atoms with Crippen LogP contribution in [0.15, 0.2) is 24.4 Å². The van der Waals surface area contributed by atoms with Gasteiger partial charge in [-0.1, -0.05) is 11.6 Å². The Labute approximate surface area is 103 Å². The Hall–Kier alpha value is -1.39. The highest BCUT2D eigenvalue weighted by Gasteiger charge is 2.08. The smallest absolute Gasteiger partial charge is 0.132 e. The molecule has 0 spiro atoms. The van der Waals surface area contributed by atoms with Gasteiger partial charge in [0.05, 0.1) is 11.9 Å². The summed E-state index contributed by atoms with van der Waals surface area (Å²) in [5, 5.41) is 9.19. The fraction of sp³-hybridized carbons (Fsp3) is 0.250. The van der Waals surface area contributed by atoms with Crippen molar-refractivity contribution in [2.24, 2.45) is 0 Å². The highest BCUT2D eigenvalue weighted by molar-refractivity contribution is 6.30. The molecule has 2 rings (SSSR count). The fourth-order valence-electron chi connectivity index (χ4n) is 1.58. The molecule has 0 saturated carbocycles. The third kappa shape index (κ3) is 2.84. The van der Waals surface area contributed by atoms with Gasteiger partial charge in [0.15, 0.2) is 0 Å². The van der Waals surface area contributed by atoms with Crippen molar-refractivity contribution < 1.29 is 9.50 Å². The van der Waals surface area contributed by atoms with Crippen LogP contribution in [0.2, 0.25) is 5.02 Å². The van der Waals surface area contributed by atoms with Gasteiger partial charge >= 0.3 is 0 Å². The number of aromatic amines is 1. The first-order valence-electron chi connectivity index (χ1n) is 5.31. The minimum absolute atomic E-state index is 0.113. The summed E-state index contributed by atoms with van der Waals surface area (Å²) < 4.78 is 13.6. The van der Waals surface area contributed by atoms with Gasteiger partial charge in [0.1, 0.15) is 11.6 Å². The van der Waals surface area contributed by atoms with Gasteiger partial charge in [0.2, 0.25) is 0 Å². The largest absolute Gasteiger partial charge is 0.396 e. The molecule has 3 nitrogen and oxygen atoms in total. The van der Waals surface area contributed by atoms with E-state index in [2.05, 4.69) is 9.97 Å². The molecule has 0 aliphatic rings. The zero-order valence-corrected chi connectivity index (χ0v) is 9.84. The topological polar surface area (TPSA) is 48.9 Å². The number of aliphatic hydroxyl groups is 1. The molecule has 0 atom stereocenters. The molecule has 1 aromatic heterocycles. The lowest BCUT2D eigenvalue weighted by atomic mass is 10.1. The molecule has 5 heteroatoms. The molecule has 2 aromatic rings. The van der Waals surface area contributed by atoms with E-state index in [1.54, 1.807) is 12.3 Å². The van der Waals surface area contributed by atoms with Crippen molar-refractivity contribution in [3.8, 4) is 11.3 Å². The molecule has 90 valence electrons. The maximum atomic E-state index is 13.6. The lowest BCUT2D eigenvalue weighted by Gasteiger charge is -2.00. The minimum Gasteiger partial charge on any atom is -0.396 e. The van der Waals surface area contributed by atoms with Gasteiger partial charge in [-0.3, -0.25) is 0 Å². The summed E-state index contributed by atoms with van der Waals surface area (Å²) in [6.45, 7) is 0.113. The maximum Gasteiger partial charge on any atom is 0.132 e. The van der Waals surface area contributed by atoms with E-state index in [1.807, 2.05) is 0 Å². The van der Waals surface area contributed by atoms with Crippen molar-refractivity contribution in [2.75, 3.05) is 6.61 Å². The van der Waals surface area contributed by atoms with Crippen molar-refractivity contribution >= 4 is 11.6 Å². The molecule has 1 aromatic carbocycles. The van der Waals surface area contributed by atoms with Crippen LogP contribution in [-0.2, 0) is 6.42 Å². The standard InChI is InChI=1S/C12H12ClFN2O/c13-8-3-4-10(14)9(6-8)11-7-15-12(16-11)2-1-5-17/h3-4,6-7,17H,1-2,5H2,(H,15,16). The monoisotopic (exact) mass is 254 g/mol. The molecule has 0 fully saturated rings. The number of hydrogen-bond acceptors (Lipinski definition) is 2. The summed E-state index contributed by atoms with van der Waals surface area (Å²) in [5.41, 5.74) is 0.998. The SMILES string of the molecule is OCCCc1ncc(-c2cc(Cl)ccc2F)[nH]1. The van der Waals surface area contributed by atoms with Crippen LogP contribution in [0.4, 0.5) is 4.39 Å². The number of aromatic nitrogens is 2. The van der Waals surface area contributed by atoms with Gasteiger partial charge in [-0.15, -0.1) is 0 Å². The number of nitrogens with zero attached hydrogens (tertiary/aromatic N) is 1. The number of halogens is 2. The third-order valence-electron chi connectivity index (χ3n) is 2.42. The summed E-state index contributed by atoms with van der Waals surface area (Å²) in [6, 6.07) is 4.38. The van der Waals surface area contributed by atoms with Crippen LogP contribution >= 0.6 is 11.6 Å².